The Morgan fingerprint density at radius 3 is 2.64 bits per heavy atom. The first-order valence-electron chi connectivity index (χ1n) is 10.8. The molecule has 0 fully saturated rings. The van der Waals surface area contributed by atoms with Gasteiger partial charge in [-0.3, -0.25) is 0 Å². The van der Waals surface area contributed by atoms with E-state index >= 15 is 0 Å². The molecule has 4 aromatic rings. The van der Waals surface area contributed by atoms with E-state index in [1.54, 1.807) is 7.11 Å². The molecule has 0 spiro atoms. The summed E-state index contributed by atoms with van der Waals surface area (Å²) in [6.45, 7) is 4.82. The summed E-state index contributed by atoms with van der Waals surface area (Å²) in [5, 5.41) is 16.4. The first-order chi connectivity index (χ1) is 16.0. The number of nitrogens with zero attached hydrogens (tertiary/aromatic N) is 3. The molecular formula is C26H28N6O. The van der Waals surface area contributed by atoms with Gasteiger partial charge in [0, 0.05) is 48.7 Å². The highest BCUT2D eigenvalue weighted by molar-refractivity contribution is 6.09. The van der Waals surface area contributed by atoms with Gasteiger partial charge in [0.05, 0.1) is 24.7 Å². The maximum absolute atomic E-state index is 7.74. The molecule has 2 aromatic carbocycles. The number of imidazole rings is 1. The third-order valence-electron chi connectivity index (χ3n) is 5.65. The van der Waals surface area contributed by atoms with Gasteiger partial charge in [-0.05, 0) is 49.1 Å². The molecule has 0 saturated carbocycles. The Labute approximate surface area is 193 Å². The largest absolute Gasteiger partial charge is 0.495 e. The summed E-state index contributed by atoms with van der Waals surface area (Å²) in [5.74, 6) is 2.40. The number of anilines is 2. The Bertz CT molecular complexity index is 1340. The number of hydrogen-bond donors (Lipinski definition) is 3. The van der Waals surface area contributed by atoms with E-state index in [0.29, 0.717) is 5.82 Å². The van der Waals surface area contributed by atoms with Gasteiger partial charge in [0.25, 0.3) is 0 Å². The van der Waals surface area contributed by atoms with Gasteiger partial charge >= 0.3 is 0 Å². The first kappa shape index (κ1) is 22.1. The zero-order chi connectivity index (χ0) is 23.4. The van der Waals surface area contributed by atoms with Crippen molar-refractivity contribution in [1.29, 1.82) is 5.41 Å². The Morgan fingerprint density at radius 2 is 1.94 bits per heavy atom. The Morgan fingerprint density at radius 1 is 1.09 bits per heavy atom. The molecule has 0 aliphatic rings. The molecule has 0 aliphatic heterocycles. The number of nitrogens with one attached hydrogen (secondary N) is 3. The topological polar surface area (TPSA) is 87.9 Å². The number of ether oxygens (including phenoxy) is 1. The molecule has 2 aromatic heterocycles. The maximum atomic E-state index is 7.74. The van der Waals surface area contributed by atoms with Crippen molar-refractivity contribution < 1.29 is 4.74 Å². The number of aromatic nitrogens is 3. The van der Waals surface area contributed by atoms with Crippen LogP contribution in [0.3, 0.4) is 0 Å². The van der Waals surface area contributed by atoms with Crippen LogP contribution in [0.25, 0.3) is 27.6 Å². The molecule has 0 amide bonds. The van der Waals surface area contributed by atoms with Crippen molar-refractivity contribution in [3.63, 3.8) is 0 Å². The van der Waals surface area contributed by atoms with Crippen LogP contribution in [-0.2, 0) is 7.05 Å². The second-order valence-electron chi connectivity index (χ2n) is 7.72. The number of benzene rings is 2. The zero-order valence-corrected chi connectivity index (χ0v) is 19.3. The molecular weight excluding hydrogens is 412 g/mol. The average molecular weight is 441 g/mol. The molecule has 2 heterocycles. The minimum absolute atomic E-state index is 0.717. The molecule has 4 rings (SSSR count). The lowest BCUT2D eigenvalue weighted by atomic mass is 10.0. The van der Waals surface area contributed by atoms with Crippen LogP contribution in [0.5, 0.6) is 5.75 Å². The number of pyridine rings is 1. The van der Waals surface area contributed by atoms with Gasteiger partial charge in [-0.2, -0.15) is 0 Å². The van der Waals surface area contributed by atoms with Crippen LogP contribution >= 0.6 is 0 Å². The molecule has 0 saturated heterocycles. The highest BCUT2D eigenvalue weighted by atomic mass is 16.5. The van der Waals surface area contributed by atoms with Crippen molar-refractivity contribution in [2.45, 2.75) is 13.8 Å². The van der Waals surface area contributed by atoms with Crippen LogP contribution in [0, 0.1) is 12.3 Å². The summed E-state index contributed by atoms with van der Waals surface area (Å²) in [7, 11) is 3.66. The SMILES string of the molecule is CCN/C=C(\C=N)c1ccc2cnc(Nc3ccc(-c4cnc(C)n4C)cc3OC)cc2c1. The van der Waals surface area contributed by atoms with Crippen molar-refractivity contribution in [3.8, 4) is 17.0 Å². The number of aryl methyl sites for hydroxylation is 1. The lowest BCUT2D eigenvalue weighted by Crippen LogP contribution is -2.04. The summed E-state index contributed by atoms with van der Waals surface area (Å²) >= 11 is 0. The molecule has 0 unspecified atom stereocenters. The molecule has 0 atom stereocenters. The highest BCUT2D eigenvalue weighted by Gasteiger charge is 2.11. The molecule has 7 heteroatoms. The number of allylic oxidation sites excluding steroid dienone is 1. The van der Waals surface area contributed by atoms with Crippen LogP contribution in [0.2, 0.25) is 0 Å². The lowest BCUT2D eigenvalue weighted by Gasteiger charge is -2.13. The normalized spacial score (nSPS) is 11.5. The third-order valence-corrected chi connectivity index (χ3v) is 5.65. The van der Waals surface area contributed by atoms with E-state index in [1.807, 2.05) is 75.9 Å². The number of rotatable bonds is 8. The minimum Gasteiger partial charge on any atom is -0.495 e. The molecule has 0 radical (unpaired) electrons. The Balaban J connectivity index is 1.65. The number of methoxy groups -OCH3 is 1. The van der Waals surface area contributed by atoms with Gasteiger partial charge in [0.2, 0.25) is 0 Å². The molecule has 33 heavy (non-hydrogen) atoms. The predicted molar refractivity (Wildman–Crippen MR) is 135 cm³/mol. The lowest BCUT2D eigenvalue weighted by molar-refractivity contribution is 0.417. The van der Waals surface area contributed by atoms with Crippen molar-refractivity contribution in [1.82, 2.24) is 19.9 Å². The Hall–Kier alpha value is -4.13. The zero-order valence-electron chi connectivity index (χ0n) is 19.3. The highest BCUT2D eigenvalue weighted by Crippen LogP contribution is 2.33. The summed E-state index contributed by atoms with van der Waals surface area (Å²) in [6, 6.07) is 14.1. The van der Waals surface area contributed by atoms with Gasteiger partial charge in [0.15, 0.2) is 0 Å². The van der Waals surface area contributed by atoms with E-state index in [2.05, 4.69) is 31.2 Å². The van der Waals surface area contributed by atoms with Crippen molar-refractivity contribution >= 4 is 34.1 Å². The van der Waals surface area contributed by atoms with Crippen LogP contribution in [0.1, 0.15) is 18.3 Å². The van der Waals surface area contributed by atoms with Gasteiger partial charge in [-0.15, -0.1) is 0 Å². The smallest absolute Gasteiger partial charge is 0.143 e. The predicted octanol–water partition coefficient (Wildman–Crippen LogP) is 5.30. The minimum atomic E-state index is 0.717. The summed E-state index contributed by atoms with van der Waals surface area (Å²) in [4.78, 5) is 8.95. The van der Waals surface area contributed by atoms with E-state index in [1.165, 1.54) is 6.21 Å². The van der Waals surface area contributed by atoms with Crippen molar-refractivity contribution in [2.75, 3.05) is 19.0 Å². The summed E-state index contributed by atoms with van der Waals surface area (Å²) < 4.78 is 7.71. The third kappa shape index (κ3) is 4.57. The Kier molecular flexibility index (Phi) is 6.40. The molecule has 7 nitrogen and oxygen atoms in total. The fourth-order valence-electron chi connectivity index (χ4n) is 3.67. The molecule has 168 valence electrons. The van der Waals surface area contributed by atoms with Crippen LogP contribution in [-0.4, -0.2) is 34.4 Å². The molecule has 3 N–H and O–H groups in total. The van der Waals surface area contributed by atoms with E-state index < -0.39 is 0 Å². The number of fused-ring (bicyclic) bond motifs is 1. The van der Waals surface area contributed by atoms with Crippen LogP contribution in [0.4, 0.5) is 11.5 Å². The fourth-order valence-corrected chi connectivity index (χ4v) is 3.67. The van der Waals surface area contributed by atoms with Gasteiger partial charge in [0.1, 0.15) is 17.4 Å². The van der Waals surface area contributed by atoms with Gasteiger partial charge in [-0.1, -0.05) is 18.2 Å². The maximum Gasteiger partial charge on any atom is 0.143 e. The second-order valence-corrected chi connectivity index (χ2v) is 7.72. The van der Waals surface area contributed by atoms with Gasteiger partial charge in [-0.25, -0.2) is 9.97 Å². The van der Waals surface area contributed by atoms with Gasteiger partial charge < -0.3 is 25.3 Å². The monoisotopic (exact) mass is 440 g/mol. The van der Waals surface area contributed by atoms with E-state index in [4.69, 9.17) is 10.1 Å². The first-order valence-corrected chi connectivity index (χ1v) is 10.8. The summed E-state index contributed by atoms with van der Waals surface area (Å²) in [6.07, 6.45) is 6.94. The van der Waals surface area contributed by atoms with Crippen molar-refractivity contribution in [3.05, 3.63) is 72.4 Å². The average Bonchev–Trinajstić information content (AvgIpc) is 3.17. The van der Waals surface area contributed by atoms with E-state index in [0.717, 1.165) is 57.0 Å². The molecule has 0 bridgehead atoms. The fraction of sp³-hybridized carbons (Fsp3) is 0.192. The van der Waals surface area contributed by atoms with E-state index in [9.17, 15) is 0 Å². The van der Waals surface area contributed by atoms with Crippen molar-refractivity contribution in [2.24, 2.45) is 7.05 Å². The second kappa shape index (κ2) is 9.56. The van der Waals surface area contributed by atoms with Crippen LogP contribution in [0.15, 0.2) is 61.1 Å². The number of hydrogen-bond acceptors (Lipinski definition) is 6. The van der Waals surface area contributed by atoms with E-state index in [-0.39, 0.29) is 0 Å². The van der Waals surface area contributed by atoms with Crippen LogP contribution < -0.4 is 15.4 Å². The standard InChI is InChI=1S/C26H28N6O/c1-5-28-14-22(13-27)18-6-7-20-15-30-26(12-21(20)10-18)31-23-9-8-19(11-25(23)33-4)24-16-29-17(2)32(24)3/h6-16,27-28H,5H2,1-4H3,(H,30,31)/b22-14+,27-13?. The quantitative estimate of drug-likeness (QED) is 0.324. The molecule has 0 aliphatic carbocycles. The summed E-state index contributed by atoms with van der Waals surface area (Å²) in [5.41, 5.74) is 4.69.